The summed E-state index contributed by atoms with van der Waals surface area (Å²) in [6.07, 6.45) is 4.04. The van der Waals surface area contributed by atoms with Gasteiger partial charge < -0.3 is 38.2 Å². The molecule has 39 heteroatoms. The normalized spacial score (nSPS) is 15.3. The van der Waals surface area contributed by atoms with E-state index >= 15 is 0 Å². The number of amides is 2. The third-order valence-corrected chi connectivity index (χ3v) is 23.7. The number of hydrogen-bond acceptors (Lipinski definition) is 28. The number of allylic oxidation sites excluding steroid dienone is 2. The van der Waals surface area contributed by atoms with Gasteiger partial charge in [-0.05, 0) is 225 Å². The van der Waals surface area contributed by atoms with Crippen LogP contribution in [0.25, 0.3) is 46.6 Å². The number of halogens is 5. The Labute approximate surface area is 774 Å². The molecule has 3 radical (unpaired) electrons. The Bertz CT molecular complexity index is 4800. The number of nitrogens with one attached hydrogen (secondary N) is 1. The molecule has 0 aliphatic carbocycles. The number of aliphatic carboxylic acids is 1. The molecule has 1 N–H and O–H groups in total. The van der Waals surface area contributed by atoms with Crippen molar-refractivity contribution in [2.24, 2.45) is 11.8 Å². The summed E-state index contributed by atoms with van der Waals surface area (Å²) in [7, 11) is -6.17. The average Bonchev–Trinajstić information content (AvgIpc) is 1.60. The number of thiazole rings is 4. The van der Waals surface area contributed by atoms with Crippen molar-refractivity contribution in [1.29, 1.82) is 0 Å². The summed E-state index contributed by atoms with van der Waals surface area (Å²) in [5, 5.41) is 16.0. The van der Waals surface area contributed by atoms with Gasteiger partial charge in [-0.2, -0.15) is 21.6 Å². The van der Waals surface area contributed by atoms with Crippen LogP contribution in [-0.4, -0.2) is 198 Å². The van der Waals surface area contributed by atoms with Gasteiger partial charge in [0, 0.05) is 55.8 Å². The Kier molecular flexibility index (Phi) is 48.0. The number of carboxylic acids is 1. The third-order valence-electron chi connectivity index (χ3n) is 17.8. The van der Waals surface area contributed by atoms with E-state index in [2.05, 4.69) is 226 Å². The number of aldehydes is 1. The van der Waals surface area contributed by atoms with Gasteiger partial charge in [0.1, 0.15) is 26.2 Å². The minimum absolute atomic E-state index is 0. The molecule has 26 nitrogen and oxygen atoms in total. The Balaban J connectivity index is 0.000000499. The van der Waals surface area contributed by atoms with Gasteiger partial charge in [-0.25, -0.2) is 53.8 Å². The number of carbonyl (C=O) groups is 6. The number of nitrogens with zero attached hydrogens (tertiary/aromatic N) is 9. The molecule has 3 aliphatic rings. The van der Waals surface area contributed by atoms with Crippen LogP contribution in [-0.2, 0) is 76.9 Å². The molecule has 0 bridgehead atoms. The summed E-state index contributed by atoms with van der Waals surface area (Å²) in [5.74, 6) is -2.71. The van der Waals surface area contributed by atoms with Crippen LogP contribution in [0.2, 0.25) is 0 Å². The molecular formula is C83H117B2Br2F3N10NaO16S5. The van der Waals surface area contributed by atoms with Gasteiger partial charge in [0.2, 0.25) is 5.88 Å². The summed E-state index contributed by atoms with van der Waals surface area (Å²) in [6.45, 7) is 55.1. The van der Waals surface area contributed by atoms with Crippen molar-refractivity contribution in [3.05, 3.63) is 125 Å². The van der Waals surface area contributed by atoms with Gasteiger partial charge in [-0.3, -0.25) is 24.4 Å². The first kappa shape index (κ1) is 112. The van der Waals surface area contributed by atoms with Crippen LogP contribution in [0.4, 0.5) is 22.8 Å². The molecule has 2 amide bonds. The molecule has 667 valence electrons. The van der Waals surface area contributed by atoms with E-state index < -0.39 is 56.7 Å². The van der Waals surface area contributed by atoms with Crippen molar-refractivity contribution in [1.82, 2.24) is 49.8 Å². The second kappa shape index (κ2) is 52.3. The monoisotopic (exact) mass is 1930 g/mol. The predicted molar refractivity (Wildman–Crippen MR) is 485 cm³/mol. The molecule has 0 unspecified atom stereocenters. The average molecular weight is 1930 g/mol. The molecule has 4 aromatic heterocycles. The zero-order chi connectivity index (χ0) is 90.4. The second-order valence-electron chi connectivity index (χ2n) is 30.7. The predicted octanol–water partition coefficient (Wildman–Crippen LogP) is 15.0. The summed E-state index contributed by atoms with van der Waals surface area (Å²) in [6, 6.07) is 24.8. The molecule has 1 saturated heterocycles. The number of hydrogen-bond donors (Lipinski definition) is 1. The summed E-state index contributed by atoms with van der Waals surface area (Å²) in [4.78, 5) is 99.6. The van der Waals surface area contributed by atoms with E-state index in [0.29, 0.717) is 17.5 Å². The van der Waals surface area contributed by atoms with Crippen molar-refractivity contribution in [2.75, 3.05) is 65.4 Å². The maximum absolute atomic E-state index is 12.8. The quantitative estimate of drug-likeness (QED) is 0.0196. The standard InChI is InChI=1S/C23H33N3O2S.C18H27BN2O2S.C12H15BrN2S.C12H18F3NO5S.C8H4BrNOS.C4H11N.C4H6O4.C2H4O2.B.Na/c1-7-25(8-2)15-21-24-18-13-17(10-12-20(18)29-21)19-11-9-16(3)14-26(19)22(27)28-23(4,5)6;1-7-21(8-2)12-16-20-14-11-13(9-10-15(14)24-16)19-22-17(3,4)18(5,6)23-19;1-3-15(4-2)8-12-14-10-7-9(13)5-6-11(10)16-12;1-8-5-6-9(21-22(18,19)12(13,14)15)16(7-8)10(17)20-11(2,3)4;9-5-1-2-7-6(3-5)10-8(4-11)12-7;1-3-5-4-2;1-3(5)7-8-4(2)6;1-2(3)4;;/h10-13,16H,7-9,14-15H2,1-6H3;9-11H,7-8,12H2,1-6H3;5-7H,3-4,8H2,1-2H3;6,8H,5,7H2,1-4H3;1-4H;5H,3-4H2,1-2H3;1-2H3;1H3,(H,3,4);;/q;;;;;;;;;+1/p-1/t16-;;;8-;;;;;;/m0..0....../s1. The third kappa shape index (κ3) is 37.8. The molecule has 4 aromatic carbocycles. The topological polar surface area (TPSA) is 304 Å². The van der Waals surface area contributed by atoms with Crippen LogP contribution in [0.5, 0.6) is 0 Å². The van der Waals surface area contributed by atoms with Crippen molar-refractivity contribution >= 4 is 191 Å². The van der Waals surface area contributed by atoms with Gasteiger partial charge in [0.25, 0.3) is 0 Å². The Morgan fingerprint density at radius 3 is 1.33 bits per heavy atom. The van der Waals surface area contributed by atoms with Crippen molar-refractivity contribution in [3.8, 4) is 0 Å². The zero-order valence-corrected chi connectivity index (χ0v) is 83.8. The van der Waals surface area contributed by atoms with Crippen molar-refractivity contribution in [3.63, 3.8) is 0 Å². The SMILES string of the molecule is CC(=O)OOC(C)=O.CC(=O)[O-].CCN(CC)Cc1nc2cc(B3OC(C)(C)C(C)(C)O3)ccc2s1.CCN(CC)Cc1nc2cc(Br)ccc2s1.CCN(CC)Cc1nc2cc(C3=CC[C@H](C)CN3C(=O)OC(C)(C)C)ccc2s1.CCNCC.C[C@H]1CC=C(OS(=O)(=O)C(F)(F)F)N(C(=O)OC(C)(C)C)C1.O=Cc1nc2cc(Br)ccc2s1.[B].[Na+]. The zero-order valence-electron chi connectivity index (χ0n) is 74.6. The molecule has 7 heterocycles. The number of carbonyl (C=O) groups excluding carboxylic acids is 6. The molecule has 0 spiro atoms. The Morgan fingerprint density at radius 1 is 0.590 bits per heavy atom. The van der Waals surface area contributed by atoms with Crippen LogP contribution in [0.1, 0.15) is 202 Å². The molecule has 1 fully saturated rings. The summed E-state index contributed by atoms with van der Waals surface area (Å²) >= 11 is 13.5. The first-order chi connectivity index (χ1) is 56.0. The second-order valence-corrected chi connectivity index (χ2v) is 38.5. The first-order valence-corrected chi connectivity index (χ1v) is 45.8. The van der Waals surface area contributed by atoms with Crippen molar-refractivity contribution in [2.45, 2.75) is 220 Å². The Morgan fingerprint density at radius 2 is 0.951 bits per heavy atom. The van der Waals surface area contributed by atoms with E-state index in [4.69, 9.17) is 38.7 Å². The number of ether oxygens (including phenoxy) is 2. The number of aromatic nitrogens is 4. The van der Waals surface area contributed by atoms with Gasteiger partial charge in [-0.15, -0.1) is 45.3 Å². The molecular weight excluding hydrogens is 1810 g/mol. The summed E-state index contributed by atoms with van der Waals surface area (Å²) in [5.41, 5.74) is -0.603. The largest absolute Gasteiger partial charge is 1.00 e. The fraction of sp³-hybridized carbons (Fsp3) is 0.542. The number of benzene rings is 4. The van der Waals surface area contributed by atoms with Crippen LogP contribution in [0, 0.1) is 11.8 Å². The van der Waals surface area contributed by atoms with Crippen LogP contribution < -0.4 is 45.4 Å². The van der Waals surface area contributed by atoms with Crippen LogP contribution in [0.3, 0.4) is 0 Å². The number of fused-ring (bicyclic) bond motifs is 4. The molecule has 8 aromatic rings. The van der Waals surface area contributed by atoms with Crippen LogP contribution in [0.15, 0.2) is 99.8 Å². The maximum atomic E-state index is 12.8. The number of alkyl halides is 3. The fourth-order valence-corrected chi connectivity index (χ4v) is 15.8. The number of carboxylic acid groups (broad SMARTS) is 1. The van der Waals surface area contributed by atoms with Gasteiger partial charge in [0.05, 0.1) is 77.4 Å². The fourth-order valence-electron chi connectivity index (χ4n) is 10.9. The van der Waals surface area contributed by atoms with E-state index in [1.54, 1.807) is 66.6 Å². The van der Waals surface area contributed by atoms with E-state index in [1.807, 2.05) is 39.0 Å². The van der Waals surface area contributed by atoms with Crippen LogP contribution >= 0.6 is 77.2 Å². The van der Waals surface area contributed by atoms with E-state index in [0.717, 1.165) is 174 Å². The Hall–Kier alpha value is -6.07. The molecule has 3 aliphatic heterocycles. The van der Waals surface area contributed by atoms with Gasteiger partial charge in [0.15, 0.2) is 11.3 Å². The minimum Gasteiger partial charge on any atom is -0.550 e. The number of rotatable bonds is 19. The van der Waals surface area contributed by atoms with E-state index in [-0.39, 0.29) is 81.3 Å². The van der Waals surface area contributed by atoms with Gasteiger partial charge in [-0.1, -0.05) is 119 Å². The van der Waals surface area contributed by atoms with Crippen molar-refractivity contribution < 1.29 is 118 Å². The van der Waals surface area contributed by atoms with E-state index in [1.165, 1.54) is 35.5 Å². The smallest absolute Gasteiger partial charge is 0.550 e. The molecule has 11 rings (SSSR count). The first-order valence-electron chi connectivity index (χ1n) is 39.5. The molecule has 2 atom stereocenters. The van der Waals surface area contributed by atoms with E-state index in [9.17, 15) is 45.6 Å². The summed E-state index contributed by atoms with van der Waals surface area (Å²) < 4.78 is 93.2. The molecule has 0 saturated carbocycles. The molecule has 122 heavy (non-hydrogen) atoms. The minimum atomic E-state index is -5.84. The maximum Gasteiger partial charge on any atom is 1.00 e. The van der Waals surface area contributed by atoms with Gasteiger partial charge >= 0.3 is 76.4 Å².